The van der Waals surface area contributed by atoms with Crippen LogP contribution < -0.4 is 4.72 Å². The summed E-state index contributed by atoms with van der Waals surface area (Å²) in [5.74, 6) is -0.0445. The monoisotopic (exact) mass is 298 g/mol. The molecule has 1 saturated heterocycles. The molecule has 2 N–H and O–H groups in total. The fraction of sp³-hybridized carbons (Fsp3) is 0.571. The predicted molar refractivity (Wildman–Crippen MR) is 78.2 cm³/mol. The lowest BCUT2D eigenvalue weighted by atomic mass is 10.1. The minimum absolute atomic E-state index is 0.0445. The van der Waals surface area contributed by atoms with Gasteiger partial charge < -0.3 is 5.11 Å². The highest BCUT2D eigenvalue weighted by Gasteiger charge is 2.20. The molecule has 1 aliphatic heterocycles. The van der Waals surface area contributed by atoms with Gasteiger partial charge >= 0.3 is 0 Å². The van der Waals surface area contributed by atoms with Gasteiger partial charge in [-0.2, -0.15) is 0 Å². The fourth-order valence-electron chi connectivity index (χ4n) is 2.45. The molecule has 112 valence electrons. The number of hydrogen-bond acceptors (Lipinski definition) is 4. The first-order chi connectivity index (χ1) is 9.49. The Morgan fingerprint density at radius 1 is 1.30 bits per heavy atom. The van der Waals surface area contributed by atoms with E-state index in [1.165, 1.54) is 43.5 Å². The van der Waals surface area contributed by atoms with Crippen molar-refractivity contribution in [2.24, 2.45) is 0 Å². The molecular weight excluding hydrogens is 276 g/mol. The third-order valence-electron chi connectivity index (χ3n) is 3.71. The molecule has 1 atom stereocenters. The maximum atomic E-state index is 12.1. The van der Waals surface area contributed by atoms with E-state index in [4.69, 9.17) is 0 Å². The number of phenolic OH excluding ortho intramolecular Hbond substituents is 1. The molecule has 20 heavy (non-hydrogen) atoms. The van der Waals surface area contributed by atoms with Crippen LogP contribution in [0.4, 0.5) is 0 Å². The predicted octanol–water partition coefficient (Wildman–Crippen LogP) is 1.54. The lowest BCUT2D eigenvalue weighted by Gasteiger charge is -2.32. The molecule has 0 saturated carbocycles. The average Bonchev–Trinajstić information content (AvgIpc) is 2.46. The van der Waals surface area contributed by atoms with Crippen molar-refractivity contribution in [3.8, 4) is 5.75 Å². The second-order valence-electron chi connectivity index (χ2n) is 5.29. The van der Waals surface area contributed by atoms with E-state index in [-0.39, 0.29) is 16.7 Å². The van der Waals surface area contributed by atoms with E-state index in [1.54, 1.807) is 0 Å². The molecule has 6 heteroatoms. The molecular formula is C14H22N2O3S. The Bertz CT molecular complexity index is 539. The van der Waals surface area contributed by atoms with E-state index in [0.717, 1.165) is 13.1 Å². The first-order valence-corrected chi connectivity index (χ1v) is 8.50. The zero-order valence-electron chi connectivity index (χ0n) is 11.7. The number of hydrogen-bond donors (Lipinski definition) is 2. The van der Waals surface area contributed by atoms with Crippen molar-refractivity contribution in [1.29, 1.82) is 0 Å². The second-order valence-corrected chi connectivity index (χ2v) is 7.06. The number of sulfonamides is 1. The summed E-state index contributed by atoms with van der Waals surface area (Å²) >= 11 is 0. The minimum Gasteiger partial charge on any atom is -0.508 e. The molecule has 0 bridgehead atoms. The van der Waals surface area contributed by atoms with Crippen LogP contribution in [0.15, 0.2) is 29.2 Å². The Morgan fingerprint density at radius 2 is 2.00 bits per heavy atom. The summed E-state index contributed by atoms with van der Waals surface area (Å²) in [6.07, 6.45) is 3.63. The molecule has 1 heterocycles. The zero-order chi connectivity index (χ0) is 14.6. The van der Waals surface area contributed by atoms with Crippen molar-refractivity contribution in [1.82, 2.24) is 9.62 Å². The van der Waals surface area contributed by atoms with E-state index in [1.807, 2.05) is 6.92 Å². The summed E-state index contributed by atoms with van der Waals surface area (Å²) in [5, 5.41) is 9.36. The van der Waals surface area contributed by atoms with E-state index in [0.29, 0.717) is 6.54 Å². The maximum Gasteiger partial charge on any atom is 0.240 e. The molecule has 1 unspecified atom stereocenters. The Hall–Kier alpha value is -1.11. The van der Waals surface area contributed by atoms with Crippen LogP contribution in [0.3, 0.4) is 0 Å². The van der Waals surface area contributed by atoms with Gasteiger partial charge in [0.05, 0.1) is 4.90 Å². The van der Waals surface area contributed by atoms with Gasteiger partial charge in [-0.3, -0.25) is 4.90 Å². The largest absolute Gasteiger partial charge is 0.508 e. The molecule has 0 radical (unpaired) electrons. The molecule has 1 fully saturated rings. The average molecular weight is 298 g/mol. The van der Waals surface area contributed by atoms with Crippen LogP contribution in [0.2, 0.25) is 0 Å². The number of benzene rings is 1. The fourth-order valence-corrected chi connectivity index (χ4v) is 3.61. The summed E-state index contributed by atoms with van der Waals surface area (Å²) in [5.41, 5.74) is 0. The molecule has 2 rings (SSSR count). The van der Waals surface area contributed by atoms with Crippen LogP contribution in [-0.2, 0) is 10.0 Å². The molecule has 1 aromatic rings. The van der Waals surface area contributed by atoms with E-state index >= 15 is 0 Å². The summed E-state index contributed by atoms with van der Waals surface area (Å²) < 4.78 is 26.9. The van der Waals surface area contributed by atoms with Crippen LogP contribution in [0.1, 0.15) is 26.2 Å². The highest BCUT2D eigenvalue weighted by Crippen LogP contribution is 2.16. The van der Waals surface area contributed by atoms with Crippen LogP contribution in [0, 0.1) is 0 Å². The lowest BCUT2D eigenvalue weighted by molar-refractivity contribution is 0.175. The number of phenols is 1. The number of rotatable bonds is 5. The van der Waals surface area contributed by atoms with Gasteiger partial charge in [-0.05, 0) is 51.1 Å². The third kappa shape index (κ3) is 3.94. The van der Waals surface area contributed by atoms with Crippen molar-refractivity contribution in [2.75, 3.05) is 19.6 Å². The molecule has 1 aromatic carbocycles. The number of likely N-dealkylation sites (tertiary alicyclic amines) is 1. The van der Waals surface area contributed by atoms with E-state index in [2.05, 4.69) is 9.62 Å². The van der Waals surface area contributed by atoms with E-state index in [9.17, 15) is 13.5 Å². The Morgan fingerprint density at radius 3 is 2.65 bits per heavy atom. The van der Waals surface area contributed by atoms with Gasteiger partial charge in [0.2, 0.25) is 10.0 Å². The molecule has 0 aromatic heterocycles. The maximum absolute atomic E-state index is 12.1. The third-order valence-corrected chi connectivity index (χ3v) is 5.13. The summed E-state index contributed by atoms with van der Waals surface area (Å²) in [4.78, 5) is 2.41. The van der Waals surface area contributed by atoms with Gasteiger partial charge in [-0.1, -0.05) is 12.5 Å². The summed E-state index contributed by atoms with van der Waals surface area (Å²) in [6.45, 7) is 4.50. The molecule has 0 aliphatic carbocycles. The second kappa shape index (κ2) is 6.56. The quantitative estimate of drug-likeness (QED) is 0.865. The standard InChI is InChI=1S/C14H22N2O3S/c1-12(16-8-3-2-4-9-16)11-15-20(18,19)14-7-5-6-13(17)10-14/h5-7,10,12,15,17H,2-4,8-9,11H2,1H3. The van der Waals surface area contributed by atoms with Gasteiger partial charge in [0.25, 0.3) is 0 Å². The normalized spacial score (nSPS) is 18.9. The number of nitrogens with zero attached hydrogens (tertiary/aromatic N) is 1. The van der Waals surface area contributed by atoms with Gasteiger partial charge in [0, 0.05) is 12.6 Å². The van der Waals surface area contributed by atoms with Crippen LogP contribution in [0.25, 0.3) is 0 Å². The van der Waals surface area contributed by atoms with Crippen molar-refractivity contribution < 1.29 is 13.5 Å². The van der Waals surface area contributed by atoms with Crippen LogP contribution in [-0.4, -0.2) is 44.1 Å². The first-order valence-electron chi connectivity index (χ1n) is 7.02. The van der Waals surface area contributed by atoms with Crippen LogP contribution >= 0.6 is 0 Å². The number of piperidine rings is 1. The summed E-state index contributed by atoms with van der Waals surface area (Å²) in [6, 6.07) is 5.90. The molecule has 5 nitrogen and oxygen atoms in total. The van der Waals surface area contributed by atoms with Gasteiger partial charge in [-0.25, -0.2) is 13.1 Å². The van der Waals surface area contributed by atoms with Gasteiger partial charge in [0.15, 0.2) is 0 Å². The van der Waals surface area contributed by atoms with E-state index < -0.39 is 10.0 Å². The van der Waals surface area contributed by atoms with Crippen molar-refractivity contribution >= 4 is 10.0 Å². The highest BCUT2D eigenvalue weighted by atomic mass is 32.2. The van der Waals surface area contributed by atoms with Crippen molar-refractivity contribution in [3.63, 3.8) is 0 Å². The Balaban J connectivity index is 1.95. The zero-order valence-corrected chi connectivity index (χ0v) is 12.6. The van der Waals surface area contributed by atoms with Crippen molar-refractivity contribution in [3.05, 3.63) is 24.3 Å². The van der Waals surface area contributed by atoms with Crippen LogP contribution in [0.5, 0.6) is 5.75 Å². The van der Waals surface area contributed by atoms with Gasteiger partial charge in [-0.15, -0.1) is 0 Å². The van der Waals surface area contributed by atoms with Gasteiger partial charge in [0.1, 0.15) is 5.75 Å². The molecule has 0 amide bonds. The Kier molecular flexibility index (Phi) is 5.01. The lowest BCUT2D eigenvalue weighted by Crippen LogP contribution is -2.44. The topological polar surface area (TPSA) is 69.6 Å². The first kappa shape index (κ1) is 15.3. The number of nitrogens with one attached hydrogen (secondary N) is 1. The molecule has 0 spiro atoms. The number of aromatic hydroxyl groups is 1. The minimum atomic E-state index is -3.55. The van der Waals surface area contributed by atoms with Crippen molar-refractivity contribution in [2.45, 2.75) is 37.1 Å². The smallest absolute Gasteiger partial charge is 0.240 e. The highest BCUT2D eigenvalue weighted by molar-refractivity contribution is 7.89. The molecule has 1 aliphatic rings. The Labute approximate surface area is 120 Å². The SMILES string of the molecule is CC(CNS(=O)(=O)c1cccc(O)c1)N1CCCCC1. The summed E-state index contributed by atoms with van der Waals surface area (Å²) in [7, 11) is -3.55.